The lowest BCUT2D eigenvalue weighted by Gasteiger charge is -2.06. The van der Waals surface area contributed by atoms with Crippen LogP contribution in [0.25, 0.3) is 0 Å². The first-order valence-electron chi connectivity index (χ1n) is 5.84. The maximum absolute atomic E-state index is 6.00. The van der Waals surface area contributed by atoms with E-state index >= 15 is 0 Å². The first-order valence-corrected chi connectivity index (χ1v) is 6.21. The molecular formula is C13H21ClN2. The Balaban J connectivity index is 2.21. The van der Waals surface area contributed by atoms with Crippen LogP contribution in [0.3, 0.4) is 0 Å². The molecule has 0 saturated carbocycles. The van der Waals surface area contributed by atoms with Gasteiger partial charge in [-0.1, -0.05) is 17.7 Å². The van der Waals surface area contributed by atoms with Crippen LogP contribution in [0.2, 0.25) is 5.02 Å². The summed E-state index contributed by atoms with van der Waals surface area (Å²) >= 11 is 6.00. The summed E-state index contributed by atoms with van der Waals surface area (Å²) in [5, 5.41) is 7.40. The molecule has 0 radical (unpaired) electrons. The van der Waals surface area contributed by atoms with Crippen LogP contribution in [0.15, 0.2) is 18.2 Å². The molecule has 16 heavy (non-hydrogen) atoms. The van der Waals surface area contributed by atoms with Gasteiger partial charge in [-0.25, -0.2) is 0 Å². The Labute approximate surface area is 103 Å². The number of rotatable bonds is 7. The lowest BCUT2D eigenvalue weighted by atomic mass is 10.1. The van der Waals surface area contributed by atoms with Crippen molar-refractivity contribution in [3.8, 4) is 0 Å². The summed E-state index contributed by atoms with van der Waals surface area (Å²) < 4.78 is 0. The smallest absolute Gasteiger partial charge is 0.0411 e. The minimum absolute atomic E-state index is 0.826. The summed E-state index contributed by atoms with van der Waals surface area (Å²) in [6.07, 6.45) is 2.43. The molecule has 1 rings (SSSR count). The van der Waals surface area contributed by atoms with Crippen LogP contribution >= 0.6 is 11.6 Å². The first-order chi connectivity index (χ1) is 7.72. The number of aryl methyl sites for hydroxylation is 1. The lowest BCUT2D eigenvalue weighted by molar-refractivity contribution is 0.605. The minimum Gasteiger partial charge on any atom is -0.320 e. The third kappa shape index (κ3) is 5.50. The predicted octanol–water partition coefficient (Wildman–Crippen LogP) is 2.74. The van der Waals surface area contributed by atoms with E-state index < -0.39 is 0 Å². The second kappa shape index (κ2) is 7.66. The fraction of sp³-hybridized carbons (Fsp3) is 0.538. The summed E-state index contributed by atoms with van der Waals surface area (Å²) in [6.45, 7) is 5.13. The average Bonchev–Trinajstić information content (AvgIpc) is 2.22. The number of hydrogen-bond donors (Lipinski definition) is 2. The fourth-order valence-electron chi connectivity index (χ4n) is 1.70. The van der Waals surface area contributed by atoms with Crippen molar-refractivity contribution < 1.29 is 0 Å². The van der Waals surface area contributed by atoms with Crippen molar-refractivity contribution in [2.45, 2.75) is 26.3 Å². The van der Waals surface area contributed by atoms with Gasteiger partial charge in [0.15, 0.2) is 0 Å². The van der Waals surface area contributed by atoms with Crippen LogP contribution in [0.1, 0.15) is 24.0 Å². The van der Waals surface area contributed by atoms with Gasteiger partial charge in [-0.05, 0) is 63.2 Å². The van der Waals surface area contributed by atoms with E-state index in [0.717, 1.165) is 24.7 Å². The number of unbranched alkanes of at least 4 members (excludes halogenated alkanes) is 1. The first kappa shape index (κ1) is 13.5. The highest BCUT2D eigenvalue weighted by molar-refractivity contribution is 6.30. The third-order valence-electron chi connectivity index (χ3n) is 2.46. The molecule has 0 spiro atoms. The molecule has 3 heteroatoms. The Bertz CT molecular complexity index is 293. The van der Waals surface area contributed by atoms with Crippen molar-refractivity contribution in [1.29, 1.82) is 0 Å². The molecule has 2 N–H and O–H groups in total. The molecular weight excluding hydrogens is 220 g/mol. The second-order valence-corrected chi connectivity index (χ2v) is 4.56. The molecule has 0 aromatic heterocycles. The topological polar surface area (TPSA) is 24.1 Å². The van der Waals surface area contributed by atoms with Crippen LogP contribution in [-0.2, 0) is 6.54 Å². The van der Waals surface area contributed by atoms with Gasteiger partial charge in [0.2, 0.25) is 0 Å². The van der Waals surface area contributed by atoms with E-state index in [1.54, 1.807) is 0 Å². The highest BCUT2D eigenvalue weighted by Gasteiger charge is 1.96. The van der Waals surface area contributed by atoms with E-state index in [2.05, 4.69) is 23.6 Å². The second-order valence-electron chi connectivity index (χ2n) is 4.12. The summed E-state index contributed by atoms with van der Waals surface area (Å²) in [6, 6.07) is 6.18. The van der Waals surface area contributed by atoms with Crippen LogP contribution < -0.4 is 10.6 Å². The van der Waals surface area contributed by atoms with Crippen LogP contribution in [0, 0.1) is 6.92 Å². The van der Waals surface area contributed by atoms with Gasteiger partial charge in [0.05, 0.1) is 0 Å². The SMILES string of the molecule is CNCCCCNCc1cc(C)cc(Cl)c1. The zero-order chi connectivity index (χ0) is 11.8. The van der Waals surface area contributed by atoms with Crippen molar-refractivity contribution in [1.82, 2.24) is 10.6 Å². The normalized spacial score (nSPS) is 10.7. The molecule has 1 aromatic rings. The van der Waals surface area contributed by atoms with Gasteiger partial charge in [0, 0.05) is 11.6 Å². The van der Waals surface area contributed by atoms with Gasteiger partial charge < -0.3 is 10.6 Å². The lowest BCUT2D eigenvalue weighted by Crippen LogP contribution is -2.16. The predicted molar refractivity (Wildman–Crippen MR) is 71.1 cm³/mol. The van der Waals surface area contributed by atoms with Gasteiger partial charge in [0.25, 0.3) is 0 Å². The molecule has 2 nitrogen and oxygen atoms in total. The Morgan fingerprint density at radius 1 is 1.12 bits per heavy atom. The van der Waals surface area contributed by atoms with Gasteiger partial charge in [-0.3, -0.25) is 0 Å². The molecule has 0 heterocycles. The number of hydrogen-bond acceptors (Lipinski definition) is 2. The van der Waals surface area contributed by atoms with E-state index in [1.165, 1.54) is 24.0 Å². The molecule has 0 aliphatic heterocycles. The van der Waals surface area contributed by atoms with Gasteiger partial charge >= 0.3 is 0 Å². The molecule has 0 saturated heterocycles. The molecule has 0 amide bonds. The van der Waals surface area contributed by atoms with Crippen molar-refractivity contribution in [3.05, 3.63) is 34.3 Å². The maximum atomic E-state index is 6.00. The van der Waals surface area contributed by atoms with Crippen LogP contribution in [0.5, 0.6) is 0 Å². The van der Waals surface area contributed by atoms with E-state index in [1.807, 2.05) is 19.2 Å². The molecule has 0 atom stereocenters. The van der Waals surface area contributed by atoms with Gasteiger partial charge in [-0.2, -0.15) is 0 Å². The Hall–Kier alpha value is -0.570. The van der Waals surface area contributed by atoms with Gasteiger partial charge in [0.1, 0.15) is 0 Å². The van der Waals surface area contributed by atoms with Crippen LogP contribution in [-0.4, -0.2) is 20.1 Å². The summed E-state index contributed by atoms with van der Waals surface area (Å²) in [7, 11) is 1.99. The zero-order valence-corrected chi connectivity index (χ0v) is 10.9. The largest absolute Gasteiger partial charge is 0.320 e. The summed E-state index contributed by atoms with van der Waals surface area (Å²) in [4.78, 5) is 0. The van der Waals surface area contributed by atoms with Crippen molar-refractivity contribution in [3.63, 3.8) is 0 Å². The van der Waals surface area contributed by atoms with E-state index in [4.69, 9.17) is 11.6 Å². The van der Waals surface area contributed by atoms with E-state index in [-0.39, 0.29) is 0 Å². The Morgan fingerprint density at radius 3 is 2.56 bits per heavy atom. The highest BCUT2D eigenvalue weighted by Crippen LogP contribution is 2.14. The monoisotopic (exact) mass is 240 g/mol. The molecule has 0 bridgehead atoms. The van der Waals surface area contributed by atoms with E-state index in [0.29, 0.717) is 0 Å². The Morgan fingerprint density at radius 2 is 1.88 bits per heavy atom. The number of nitrogens with one attached hydrogen (secondary N) is 2. The molecule has 1 aromatic carbocycles. The molecule has 0 aliphatic carbocycles. The Kier molecular flexibility index (Phi) is 6.46. The molecule has 0 aliphatic rings. The van der Waals surface area contributed by atoms with E-state index in [9.17, 15) is 0 Å². The average molecular weight is 241 g/mol. The third-order valence-corrected chi connectivity index (χ3v) is 2.68. The molecule has 0 unspecified atom stereocenters. The zero-order valence-electron chi connectivity index (χ0n) is 10.1. The fourth-order valence-corrected chi connectivity index (χ4v) is 2.01. The van der Waals surface area contributed by atoms with Crippen LogP contribution in [0.4, 0.5) is 0 Å². The molecule has 0 fully saturated rings. The minimum atomic E-state index is 0.826. The van der Waals surface area contributed by atoms with Crippen molar-refractivity contribution >= 4 is 11.6 Å². The number of halogens is 1. The maximum Gasteiger partial charge on any atom is 0.0411 e. The van der Waals surface area contributed by atoms with Gasteiger partial charge in [-0.15, -0.1) is 0 Å². The van der Waals surface area contributed by atoms with Crippen molar-refractivity contribution in [2.24, 2.45) is 0 Å². The number of benzene rings is 1. The quantitative estimate of drug-likeness (QED) is 0.717. The highest BCUT2D eigenvalue weighted by atomic mass is 35.5. The van der Waals surface area contributed by atoms with Crippen molar-refractivity contribution in [2.75, 3.05) is 20.1 Å². The molecule has 90 valence electrons. The summed E-state index contributed by atoms with van der Waals surface area (Å²) in [5.74, 6) is 0. The summed E-state index contributed by atoms with van der Waals surface area (Å²) in [5.41, 5.74) is 2.48. The standard InChI is InChI=1S/C13H21ClN2/c1-11-7-12(9-13(14)8-11)10-16-6-4-3-5-15-2/h7-9,15-16H,3-6,10H2,1-2H3.